The summed E-state index contributed by atoms with van der Waals surface area (Å²) in [5.41, 5.74) is 6.90. The van der Waals surface area contributed by atoms with Gasteiger partial charge in [0.25, 0.3) is 5.91 Å². The molecule has 0 spiro atoms. The van der Waals surface area contributed by atoms with Gasteiger partial charge in [-0.1, -0.05) is 5.21 Å². The number of carbonyl (C=O) groups is 1. The lowest BCUT2D eigenvalue weighted by atomic mass is 10.1. The summed E-state index contributed by atoms with van der Waals surface area (Å²) in [6.07, 6.45) is 1.61. The largest absolute Gasteiger partial charge is 0.344 e. The molecule has 3 N–H and O–H groups in total. The van der Waals surface area contributed by atoms with Crippen molar-refractivity contribution in [3.63, 3.8) is 0 Å². The molecule has 108 valence electrons. The van der Waals surface area contributed by atoms with E-state index in [2.05, 4.69) is 35.5 Å². The maximum absolute atomic E-state index is 12.1. The molecule has 2 aromatic rings. The van der Waals surface area contributed by atoms with E-state index >= 15 is 0 Å². The molecule has 2 rings (SSSR count). The number of aromatic nitrogens is 3. The molecule has 0 saturated heterocycles. The van der Waals surface area contributed by atoms with Crippen LogP contribution in [0.5, 0.6) is 0 Å². The molecule has 0 aromatic carbocycles. The minimum Gasteiger partial charge on any atom is -0.344 e. The normalized spacial score (nSPS) is 12.4. The van der Waals surface area contributed by atoms with Crippen molar-refractivity contribution in [2.45, 2.75) is 33.4 Å². The summed E-state index contributed by atoms with van der Waals surface area (Å²) >= 11 is 1.73. The fourth-order valence-electron chi connectivity index (χ4n) is 2.07. The number of aryl methyl sites for hydroxylation is 2. The van der Waals surface area contributed by atoms with E-state index in [4.69, 9.17) is 5.73 Å². The summed E-state index contributed by atoms with van der Waals surface area (Å²) in [6.45, 7) is 7.12. The second-order valence-corrected chi connectivity index (χ2v) is 6.18. The Balaban J connectivity index is 2.05. The van der Waals surface area contributed by atoms with Crippen LogP contribution in [0.2, 0.25) is 0 Å². The molecule has 2 heterocycles. The second kappa shape index (κ2) is 6.15. The standard InChI is InChI=1S/C13H19N5OS/c1-8-6-11(10(3)20-8)9(2)15-13(19)12-7-18(5-4-14)17-16-12/h6-7,9H,4-5,14H2,1-3H3,(H,15,19). The van der Waals surface area contributed by atoms with Crippen molar-refractivity contribution in [1.29, 1.82) is 0 Å². The van der Waals surface area contributed by atoms with Crippen LogP contribution < -0.4 is 11.1 Å². The summed E-state index contributed by atoms with van der Waals surface area (Å²) in [7, 11) is 0. The molecule has 1 unspecified atom stereocenters. The monoisotopic (exact) mass is 293 g/mol. The first-order valence-electron chi connectivity index (χ1n) is 6.49. The lowest BCUT2D eigenvalue weighted by Gasteiger charge is -2.12. The van der Waals surface area contributed by atoms with Crippen LogP contribution in [0.25, 0.3) is 0 Å². The van der Waals surface area contributed by atoms with Crippen molar-refractivity contribution >= 4 is 17.2 Å². The van der Waals surface area contributed by atoms with Gasteiger partial charge in [-0.2, -0.15) is 0 Å². The van der Waals surface area contributed by atoms with Crippen molar-refractivity contribution in [2.75, 3.05) is 6.54 Å². The summed E-state index contributed by atoms with van der Waals surface area (Å²) in [6, 6.07) is 2.06. The summed E-state index contributed by atoms with van der Waals surface area (Å²) in [5.74, 6) is -0.218. The van der Waals surface area contributed by atoms with E-state index < -0.39 is 0 Å². The molecule has 0 aliphatic rings. The van der Waals surface area contributed by atoms with Gasteiger partial charge in [0.05, 0.1) is 18.8 Å². The zero-order valence-electron chi connectivity index (χ0n) is 11.9. The molecule has 0 saturated carbocycles. The number of hydrogen-bond donors (Lipinski definition) is 2. The average molecular weight is 293 g/mol. The van der Waals surface area contributed by atoms with E-state index in [9.17, 15) is 4.79 Å². The van der Waals surface area contributed by atoms with E-state index in [1.54, 1.807) is 22.2 Å². The first kappa shape index (κ1) is 14.7. The highest BCUT2D eigenvalue weighted by atomic mass is 32.1. The van der Waals surface area contributed by atoms with Gasteiger partial charge < -0.3 is 11.1 Å². The third-order valence-corrected chi connectivity index (χ3v) is 4.00. The van der Waals surface area contributed by atoms with Crippen LogP contribution in [-0.4, -0.2) is 27.4 Å². The quantitative estimate of drug-likeness (QED) is 0.872. The number of nitrogens with one attached hydrogen (secondary N) is 1. The molecule has 7 heteroatoms. The molecule has 0 aliphatic carbocycles. The van der Waals surface area contributed by atoms with Crippen LogP contribution in [0.15, 0.2) is 12.3 Å². The molecule has 6 nitrogen and oxygen atoms in total. The van der Waals surface area contributed by atoms with Crippen LogP contribution in [0.4, 0.5) is 0 Å². The zero-order chi connectivity index (χ0) is 14.7. The van der Waals surface area contributed by atoms with Crippen molar-refractivity contribution in [3.05, 3.63) is 33.3 Å². The third kappa shape index (κ3) is 3.23. The Labute approximate surface area is 122 Å². The molecule has 1 atom stereocenters. The van der Waals surface area contributed by atoms with Gasteiger partial charge in [-0.3, -0.25) is 9.48 Å². The van der Waals surface area contributed by atoms with Crippen molar-refractivity contribution in [1.82, 2.24) is 20.3 Å². The van der Waals surface area contributed by atoms with Gasteiger partial charge in [-0.25, -0.2) is 0 Å². The van der Waals surface area contributed by atoms with Crippen LogP contribution >= 0.6 is 11.3 Å². The van der Waals surface area contributed by atoms with Crippen LogP contribution in [0.1, 0.15) is 38.8 Å². The molecule has 0 bridgehead atoms. The van der Waals surface area contributed by atoms with Crippen molar-refractivity contribution in [3.8, 4) is 0 Å². The van der Waals surface area contributed by atoms with Crippen LogP contribution in [0.3, 0.4) is 0 Å². The Bertz CT molecular complexity index is 604. The van der Waals surface area contributed by atoms with Gasteiger partial charge in [0.15, 0.2) is 5.69 Å². The summed E-state index contributed by atoms with van der Waals surface area (Å²) < 4.78 is 1.57. The SMILES string of the molecule is Cc1cc(C(C)NC(=O)c2cn(CCN)nn2)c(C)s1. The Morgan fingerprint density at radius 3 is 2.90 bits per heavy atom. The maximum Gasteiger partial charge on any atom is 0.273 e. The van der Waals surface area contributed by atoms with E-state index in [1.807, 2.05) is 6.92 Å². The molecular weight excluding hydrogens is 274 g/mol. The number of carbonyl (C=O) groups excluding carboxylic acids is 1. The predicted octanol–water partition coefficient (Wildman–Crippen LogP) is 1.41. The lowest BCUT2D eigenvalue weighted by molar-refractivity contribution is 0.0934. The average Bonchev–Trinajstić information content (AvgIpc) is 2.96. The highest BCUT2D eigenvalue weighted by molar-refractivity contribution is 7.12. The minimum atomic E-state index is -0.218. The molecule has 0 fully saturated rings. The van der Waals surface area contributed by atoms with Crippen molar-refractivity contribution in [2.24, 2.45) is 5.73 Å². The number of hydrogen-bond acceptors (Lipinski definition) is 5. The van der Waals surface area contributed by atoms with Gasteiger partial charge in [0.2, 0.25) is 0 Å². The van der Waals surface area contributed by atoms with Crippen molar-refractivity contribution < 1.29 is 4.79 Å². The molecule has 0 aliphatic heterocycles. The predicted molar refractivity (Wildman–Crippen MR) is 78.8 cm³/mol. The van der Waals surface area contributed by atoms with E-state index in [0.717, 1.165) is 5.56 Å². The van der Waals surface area contributed by atoms with Gasteiger partial charge >= 0.3 is 0 Å². The second-order valence-electron chi connectivity index (χ2n) is 4.72. The van der Waals surface area contributed by atoms with E-state index in [0.29, 0.717) is 18.8 Å². The summed E-state index contributed by atoms with van der Waals surface area (Å²) in [4.78, 5) is 14.6. The Morgan fingerprint density at radius 1 is 1.55 bits per heavy atom. The van der Waals surface area contributed by atoms with Gasteiger partial charge in [-0.15, -0.1) is 16.4 Å². The third-order valence-electron chi connectivity index (χ3n) is 3.02. The number of thiophene rings is 1. The first-order valence-corrected chi connectivity index (χ1v) is 7.31. The van der Waals surface area contributed by atoms with E-state index in [1.165, 1.54) is 9.75 Å². The fourth-order valence-corrected chi connectivity index (χ4v) is 3.10. The fraction of sp³-hybridized carbons (Fsp3) is 0.462. The van der Waals surface area contributed by atoms with Gasteiger partial charge in [0.1, 0.15) is 0 Å². The zero-order valence-corrected chi connectivity index (χ0v) is 12.7. The Kier molecular flexibility index (Phi) is 4.51. The van der Waals surface area contributed by atoms with E-state index in [-0.39, 0.29) is 11.9 Å². The number of amides is 1. The molecule has 2 aromatic heterocycles. The van der Waals surface area contributed by atoms with Crippen LogP contribution in [0, 0.1) is 13.8 Å². The number of rotatable bonds is 5. The van der Waals surface area contributed by atoms with Gasteiger partial charge in [0, 0.05) is 16.3 Å². The Hall–Kier alpha value is -1.73. The smallest absolute Gasteiger partial charge is 0.273 e. The van der Waals surface area contributed by atoms with Gasteiger partial charge in [-0.05, 0) is 32.4 Å². The Morgan fingerprint density at radius 2 is 2.30 bits per heavy atom. The topological polar surface area (TPSA) is 85.8 Å². The number of nitrogens with zero attached hydrogens (tertiary/aromatic N) is 3. The summed E-state index contributed by atoms with van der Waals surface area (Å²) in [5, 5.41) is 10.7. The highest BCUT2D eigenvalue weighted by Gasteiger charge is 2.17. The molecule has 20 heavy (non-hydrogen) atoms. The first-order chi connectivity index (χ1) is 9.51. The van der Waals surface area contributed by atoms with Crippen LogP contribution in [-0.2, 0) is 6.54 Å². The minimum absolute atomic E-state index is 0.0490. The lowest BCUT2D eigenvalue weighted by Crippen LogP contribution is -2.27. The highest BCUT2D eigenvalue weighted by Crippen LogP contribution is 2.26. The number of nitrogens with two attached hydrogens (primary N) is 1. The molecule has 0 radical (unpaired) electrons. The molecule has 1 amide bonds. The molecular formula is C13H19N5OS. The maximum atomic E-state index is 12.1.